The van der Waals surface area contributed by atoms with Gasteiger partial charge in [0, 0.05) is 24.9 Å². The molecule has 1 aromatic rings. The van der Waals surface area contributed by atoms with Gasteiger partial charge in [0.15, 0.2) is 0 Å². The molecule has 1 aliphatic rings. The fourth-order valence-electron chi connectivity index (χ4n) is 2.50. The maximum atomic E-state index is 11.3. The van der Waals surface area contributed by atoms with Gasteiger partial charge in [0.1, 0.15) is 12.4 Å². The van der Waals surface area contributed by atoms with Crippen molar-refractivity contribution < 1.29 is 9.53 Å². The molecule has 0 bridgehead atoms. The number of amides is 1. The highest BCUT2D eigenvalue weighted by Gasteiger charge is 2.25. The van der Waals surface area contributed by atoms with Crippen LogP contribution in [0.4, 0.5) is 0 Å². The van der Waals surface area contributed by atoms with Gasteiger partial charge in [-0.25, -0.2) is 0 Å². The largest absolute Gasteiger partial charge is 0.489 e. The van der Waals surface area contributed by atoms with Crippen LogP contribution in [0.15, 0.2) is 72.9 Å². The quantitative estimate of drug-likeness (QED) is 0.825. The Hall–Kier alpha value is -2.55. The van der Waals surface area contributed by atoms with E-state index in [2.05, 4.69) is 18.5 Å². The molecule has 1 N–H and O–H groups in total. The first-order valence-corrected chi connectivity index (χ1v) is 8.27. The second-order valence-corrected chi connectivity index (χ2v) is 5.16. The molecular formula is C21H27NO2. The standard InChI is InChI=1S/C19H21NO2.C2H6/c1-4-5-6-9-16-14(2)13-22-19-11-8-7-10-17(19)18(16)12-20-15(3)21;1-2/h4-11,18H,1-2,12-13H2,3H3,(H,20,21);1-2H3/b6-5-,16-9+;. The number of fused-ring (bicyclic) bond motifs is 1. The molecule has 1 aliphatic heterocycles. The van der Waals surface area contributed by atoms with Crippen molar-refractivity contribution in [3.8, 4) is 5.75 Å². The van der Waals surface area contributed by atoms with Crippen LogP contribution in [0.2, 0.25) is 0 Å². The van der Waals surface area contributed by atoms with Gasteiger partial charge in [0.05, 0.1) is 0 Å². The van der Waals surface area contributed by atoms with Gasteiger partial charge in [-0.05, 0) is 17.2 Å². The minimum Gasteiger partial charge on any atom is -0.489 e. The lowest BCUT2D eigenvalue weighted by Crippen LogP contribution is -2.27. The van der Waals surface area contributed by atoms with Gasteiger partial charge >= 0.3 is 0 Å². The SMILES string of the molecule is C=C/C=C\C=C1/C(=C)COc2ccccc2C1CNC(C)=O.CC. The molecule has 1 atom stereocenters. The molecule has 0 aliphatic carbocycles. The summed E-state index contributed by atoms with van der Waals surface area (Å²) in [5, 5.41) is 2.90. The molecule has 1 heterocycles. The third-order valence-electron chi connectivity index (χ3n) is 3.56. The molecule has 0 fully saturated rings. The first-order chi connectivity index (χ1) is 11.6. The Bertz CT molecular complexity index is 641. The third kappa shape index (κ3) is 5.27. The third-order valence-corrected chi connectivity index (χ3v) is 3.56. The zero-order chi connectivity index (χ0) is 17.9. The van der Waals surface area contributed by atoms with Crippen LogP contribution in [0.3, 0.4) is 0 Å². The van der Waals surface area contributed by atoms with Gasteiger partial charge in [0.25, 0.3) is 0 Å². The van der Waals surface area contributed by atoms with E-state index in [0.29, 0.717) is 13.2 Å². The Morgan fingerprint density at radius 2 is 2.04 bits per heavy atom. The number of allylic oxidation sites excluding steroid dienone is 4. The molecule has 128 valence electrons. The second kappa shape index (κ2) is 10.3. The first-order valence-electron chi connectivity index (χ1n) is 8.27. The predicted octanol–water partition coefficient (Wildman–Crippen LogP) is 4.55. The van der Waals surface area contributed by atoms with E-state index in [4.69, 9.17) is 4.74 Å². The zero-order valence-electron chi connectivity index (χ0n) is 14.8. The fraction of sp³-hybridized carbons (Fsp3) is 0.286. The van der Waals surface area contributed by atoms with Crippen molar-refractivity contribution in [3.05, 3.63) is 78.4 Å². The number of carbonyl (C=O) groups excluding carboxylic acids is 1. The van der Waals surface area contributed by atoms with E-state index in [1.807, 2.05) is 56.3 Å². The number of para-hydroxylation sites is 1. The highest BCUT2D eigenvalue weighted by molar-refractivity contribution is 5.73. The molecule has 0 radical (unpaired) electrons. The summed E-state index contributed by atoms with van der Waals surface area (Å²) in [6.45, 7) is 14.3. The van der Waals surface area contributed by atoms with Crippen LogP contribution < -0.4 is 10.1 Å². The van der Waals surface area contributed by atoms with Crippen molar-refractivity contribution in [1.29, 1.82) is 0 Å². The summed E-state index contributed by atoms with van der Waals surface area (Å²) in [4.78, 5) is 11.3. The maximum absolute atomic E-state index is 11.3. The summed E-state index contributed by atoms with van der Waals surface area (Å²) in [7, 11) is 0. The molecule has 3 nitrogen and oxygen atoms in total. The Balaban J connectivity index is 0.00000139. The normalized spacial score (nSPS) is 18.0. The van der Waals surface area contributed by atoms with Crippen molar-refractivity contribution in [2.45, 2.75) is 26.7 Å². The summed E-state index contributed by atoms with van der Waals surface area (Å²) in [5.74, 6) is 0.814. The molecular weight excluding hydrogens is 298 g/mol. The summed E-state index contributed by atoms with van der Waals surface area (Å²) in [6, 6.07) is 7.91. The summed E-state index contributed by atoms with van der Waals surface area (Å²) < 4.78 is 5.84. The predicted molar refractivity (Wildman–Crippen MR) is 101 cm³/mol. The summed E-state index contributed by atoms with van der Waals surface area (Å²) >= 11 is 0. The van der Waals surface area contributed by atoms with Gasteiger partial charge in [-0.2, -0.15) is 0 Å². The van der Waals surface area contributed by atoms with Crippen LogP contribution in [-0.2, 0) is 4.79 Å². The summed E-state index contributed by atoms with van der Waals surface area (Å²) in [5.41, 5.74) is 3.05. The minimum absolute atomic E-state index is 0.0181. The Morgan fingerprint density at radius 3 is 2.71 bits per heavy atom. The lowest BCUT2D eigenvalue weighted by molar-refractivity contribution is -0.118. The van der Waals surface area contributed by atoms with Crippen LogP contribution in [0.1, 0.15) is 32.3 Å². The number of carbonyl (C=O) groups is 1. The van der Waals surface area contributed by atoms with Crippen molar-refractivity contribution in [3.63, 3.8) is 0 Å². The number of hydrogen-bond donors (Lipinski definition) is 1. The van der Waals surface area contributed by atoms with E-state index in [9.17, 15) is 4.79 Å². The van der Waals surface area contributed by atoms with Gasteiger partial charge < -0.3 is 10.1 Å². The number of rotatable bonds is 4. The van der Waals surface area contributed by atoms with Crippen molar-refractivity contribution in [1.82, 2.24) is 5.32 Å². The van der Waals surface area contributed by atoms with Crippen molar-refractivity contribution >= 4 is 5.91 Å². The molecule has 1 aromatic carbocycles. The molecule has 3 heteroatoms. The lowest BCUT2D eigenvalue weighted by Gasteiger charge is -2.20. The number of hydrogen-bond acceptors (Lipinski definition) is 2. The van der Waals surface area contributed by atoms with E-state index < -0.39 is 0 Å². The van der Waals surface area contributed by atoms with E-state index in [1.165, 1.54) is 6.92 Å². The van der Waals surface area contributed by atoms with Gasteiger partial charge in [-0.3, -0.25) is 4.79 Å². The number of benzene rings is 1. The Morgan fingerprint density at radius 1 is 1.33 bits per heavy atom. The minimum atomic E-state index is -0.0470. The van der Waals surface area contributed by atoms with Crippen LogP contribution in [-0.4, -0.2) is 19.1 Å². The molecule has 1 amide bonds. The first kappa shape index (κ1) is 19.5. The maximum Gasteiger partial charge on any atom is 0.216 e. The smallest absolute Gasteiger partial charge is 0.216 e. The summed E-state index contributed by atoms with van der Waals surface area (Å²) in [6.07, 6.45) is 7.54. The van der Waals surface area contributed by atoms with Gasteiger partial charge in [0.2, 0.25) is 5.91 Å². The molecule has 24 heavy (non-hydrogen) atoms. The van der Waals surface area contributed by atoms with Crippen LogP contribution in [0, 0.1) is 0 Å². The number of nitrogens with one attached hydrogen (secondary N) is 1. The molecule has 0 aromatic heterocycles. The Kier molecular flexibility index (Phi) is 8.34. The Labute approximate surface area is 145 Å². The van der Waals surface area contributed by atoms with Gasteiger partial charge in [-0.1, -0.05) is 69.5 Å². The molecule has 0 saturated heterocycles. The molecule has 0 saturated carbocycles. The van der Waals surface area contributed by atoms with E-state index in [1.54, 1.807) is 6.08 Å². The van der Waals surface area contributed by atoms with Crippen LogP contribution >= 0.6 is 0 Å². The molecule has 0 spiro atoms. The monoisotopic (exact) mass is 325 g/mol. The van der Waals surface area contributed by atoms with Crippen LogP contribution in [0.5, 0.6) is 5.75 Å². The van der Waals surface area contributed by atoms with Crippen LogP contribution in [0.25, 0.3) is 0 Å². The second-order valence-electron chi connectivity index (χ2n) is 5.16. The highest BCUT2D eigenvalue weighted by Crippen LogP contribution is 2.37. The van der Waals surface area contributed by atoms with E-state index in [-0.39, 0.29) is 11.8 Å². The average molecular weight is 325 g/mol. The fourth-order valence-corrected chi connectivity index (χ4v) is 2.50. The molecule has 1 unspecified atom stereocenters. The topological polar surface area (TPSA) is 38.3 Å². The number of ether oxygens (including phenoxy) is 1. The average Bonchev–Trinajstić information content (AvgIpc) is 2.73. The van der Waals surface area contributed by atoms with Crippen molar-refractivity contribution in [2.75, 3.05) is 13.2 Å². The van der Waals surface area contributed by atoms with Gasteiger partial charge in [-0.15, -0.1) is 0 Å². The van der Waals surface area contributed by atoms with E-state index in [0.717, 1.165) is 22.5 Å². The highest BCUT2D eigenvalue weighted by atomic mass is 16.5. The zero-order valence-corrected chi connectivity index (χ0v) is 14.8. The lowest BCUT2D eigenvalue weighted by atomic mass is 9.87. The van der Waals surface area contributed by atoms with Crippen molar-refractivity contribution in [2.24, 2.45) is 0 Å². The van der Waals surface area contributed by atoms with E-state index >= 15 is 0 Å². The molecule has 2 rings (SSSR count).